The lowest BCUT2D eigenvalue weighted by Crippen LogP contribution is -2.28. The topological polar surface area (TPSA) is 72.8 Å². The molecule has 0 heterocycles. The van der Waals surface area contributed by atoms with Crippen LogP contribution >= 0.6 is 0 Å². The van der Waals surface area contributed by atoms with Crippen molar-refractivity contribution >= 4 is 11.9 Å². The molecule has 0 radical (unpaired) electrons. The van der Waals surface area contributed by atoms with Crippen LogP contribution in [0, 0.1) is 0 Å². The summed E-state index contributed by atoms with van der Waals surface area (Å²) < 4.78 is 10.5. The van der Waals surface area contributed by atoms with Crippen molar-refractivity contribution in [2.75, 3.05) is 13.2 Å². The number of ether oxygens (including phenoxy) is 2. The van der Waals surface area contributed by atoms with Crippen molar-refractivity contribution in [3.63, 3.8) is 0 Å². The van der Waals surface area contributed by atoms with Gasteiger partial charge in [-0.1, -0.05) is 181 Å². The van der Waals surface area contributed by atoms with Gasteiger partial charge in [0.1, 0.15) is 6.61 Å². The largest absolute Gasteiger partial charge is 0.462 e. The van der Waals surface area contributed by atoms with Crippen LogP contribution in [-0.4, -0.2) is 36.4 Å². The summed E-state index contributed by atoms with van der Waals surface area (Å²) >= 11 is 0. The van der Waals surface area contributed by atoms with E-state index in [2.05, 4.69) is 13.8 Å². The average molecular weight is 597 g/mol. The minimum absolute atomic E-state index is 0.0578. The Kier molecular flexibility index (Phi) is 33.5. The summed E-state index contributed by atoms with van der Waals surface area (Å²) in [5.41, 5.74) is 0. The summed E-state index contributed by atoms with van der Waals surface area (Å²) in [7, 11) is 0. The van der Waals surface area contributed by atoms with Gasteiger partial charge in [0.05, 0.1) is 6.61 Å². The molecule has 1 N–H and O–H groups in total. The van der Waals surface area contributed by atoms with Gasteiger partial charge >= 0.3 is 11.9 Å². The minimum atomic E-state index is -0.759. The first-order valence-electron chi connectivity index (χ1n) is 18.6. The zero-order valence-corrected chi connectivity index (χ0v) is 28.3. The Hall–Kier alpha value is -1.10. The molecule has 0 aromatic rings. The van der Waals surface area contributed by atoms with Crippen molar-refractivity contribution in [2.24, 2.45) is 0 Å². The van der Waals surface area contributed by atoms with Gasteiger partial charge in [0.15, 0.2) is 6.10 Å². The maximum atomic E-state index is 12.0. The van der Waals surface area contributed by atoms with Gasteiger partial charge in [-0.2, -0.15) is 0 Å². The molecule has 5 heteroatoms. The highest BCUT2D eigenvalue weighted by atomic mass is 16.6. The monoisotopic (exact) mass is 597 g/mol. The first-order valence-corrected chi connectivity index (χ1v) is 18.6. The number of unbranched alkanes of at least 4 members (excludes halogenated alkanes) is 26. The van der Waals surface area contributed by atoms with Crippen LogP contribution in [0.2, 0.25) is 0 Å². The molecule has 0 bridgehead atoms. The summed E-state index contributed by atoms with van der Waals surface area (Å²) in [4.78, 5) is 24.1. The summed E-state index contributed by atoms with van der Waals surface area (Å²) in [5.74, 6) is -0.583. The van der Waals surface area contributed by atoms with Crippen molar-refractivity contribution in [2.45, 2.75) is 213 Å². The number of aliphatic hydroxyl groups excluding tert-OH is 1. The Balaban J connectivity index is 3.44. The SMILES string of the molecule is CCCCCCCCCCCCCCCCCCCCCCC(=O)OC[C@H](CO)OC(=O)CCCCCCCCCC. The van der Waals surface area contributed by atoms with Gasteiger partial charge in [-0.25, -0.2) is 0 Å². The van der Waals surface area contributed by atoms with Crippen LogP contribution < -0.4 is 0 Å². The molecule has 0 aliphatic heterocycles. The van der Waals surface area contributed by atoms with Gasteiger partial charge in [0.2, 0.25) is 0 Å². The van der Waals surface area contributed by atoms with Crippen molar-refractivity contribution in [1.29, 1.82) is 0 Å². The molecule has 0 unspecified atom stereocenters. The molecule has 0 aliphatic carbocycles. The van der Waals surface area contributed by atoms with Crippen molar-refractivity contribution in [3.05, 3.63) is 0 Å². The molecular weight excluding hydrogens is 524 g/mol. The second-order valence-electron chi connectivity index (χ2n) is 12.7. The van der Waals surface area contributed by atoms with Crippen LogP contribution in [0.4, 0.5) is 0 Å². The van der Waals surface area contributed by atoms with Gasteiger partial charge in [-0.15, -0.1) is 0 Å². The molecule has 0 aromatic heterocycles. The normalized spacial score (nSPS) is 12.0. The quantitative estimate of drug-likeness (QED) is 0.0591. The number of hydrogen-bond acceptors (Lipinski definition) is 5. The van der Waals surface area contributed by atoms with Crippen molar-refractivity contribution < 1.29 is 24.2 Å². The molecule has 5 nitrogen and oxygen atoms in total. The van der Waals surface area contributed by atoms with E-state index in [4.69, 9.17) is 9.47 Å². The maximum Gasteiger partial charge on any atom is 0.306 e. The Morgan fingerprint density at radius 1 is 0.452 bits per heavy atom. The van der Waals surface area contributed by atoms with E-state index < -0.39 is 6.10 Å². The van der Waals surface area contributed by atoms with E-state index in [1.54, 1.807) is 0 Å². The van der Waals surface area contributed by atoms with Crippen LogP contribution in [0.1, 0.15) is 206 Å². The van der Waals surface area contributed by atoms with Crippen molar-refractivity contribution in [3.8, 4) is 0 Å². The number of carbonyl (C=O) groups is 2. The van der Waals surface area contributed by atoms with Gasteiger partial charge in [-0.05, 0) is 12.8 Å². The predicted molar refractivity (Wildman–Crippen MR) is 178 cm³/mol. The summed E-state index contributed by atoms with van der Waals surface area (Å²) in [5, 5.41) is 9.48. The van der Waals surface area contributed by atoms with Crippen LogP contribution in [0.15, 0.2) is 0 Å². The van der Waals surface area contributed by atoms with Crippen LogP contribution in [0.5, 0.6) is 0 Å². The number of esters is 2. The molecule has 42 heavy (non-hydrogen) atoms. The Bertz CT molecular complexity index is 564. The standard InChI is InChI=1S/C37H72O5/c1-3-5-7-9-11-13-14-15-16-17-18-19-20-21-22-23-24-26-27-29-31-36(39)41-34-35(33-38)42-37(40)32-30-28-25-12-10-8-6-4-2/h35,38H,3-34H2,1-2H3/t35-/m0/s1. The van der Waals surface area contributed by atoms with E-state index in [0.717, 1.165) is 32.1 Å². The van der Waals surface area contributed by atoms with Gasteiger partial charge in [0.25, 0.3) is 0 Å². The third-order valence-corrected chi connectivity index (χ3v) is 8.40. The molecule has 250 valence electrons. The molecule has 0 aliphatic rings. The highest BCUT2D eigenvalue weighted by Crippen LogP contribution is 2.15. The first-order chi connectivity index (χ1) is 20.6. The Morgan fingerprint density at radius 3 is 1.05 bits per heavy atom. The van der Waals surface area contributed by atoms with E-state index in [1.165, 1.54) is 148 Å². The lowest BCUT2D eigenvalue weighted by molar-refractivity contribution is -0.161. The fourth-order valence-corrected chi connectivity index (χ4v) is 5.55. The predicted octanol–water partition coefficient (Wildman–Crippen LogP) is 11.2. The molecule has 0 fully saturated rings. The van der Waals surface area contributed by atoms with Crippen molar-refractivity contribution in [1.82, 2.24) is 0 Å². The molecule has 0 amide bonds. The van der Waals surface area contributed by atoms with E-state index in [0.29, 0.717) is 12.8 Å². The summed E-state index contributed by atoms with van der Waals surface area (Å²) in [6.07, 6.45) is 36.0. The van der Waals surface area contributed by atoms with Gasteiger partial charge < -0.3 is 14.6 Å². The zero-order chi connectivity index (χ0) is 30.8. The minimum Gasteiger partial charge on any atom is -0.462 e. The Morgan fingerprint density at radius 2 is 0.738 bits per heavy atom. The molecule has 0 saturated heterocycles. The third kappa shape index (κ3) is 31.8. The van der Waals surface area contributed by atoms with Crippen LogP contribution in [0.3, 0.4) is 0 Å². The molecule has 0 aromatic carbocycles. The average Bonchev–Trinajstić information content (AvgIpc) is 2.99. The van der Waals surface area contributed by atoms with E-state index >= 15 is 0 Å². The van der Waals surface area contributed by atoms with E-state index in [-0.39, 0.29) is 25.2 Å². The lowest BCUT2D eigenvalue weighted by Gasteiger charge is -2.15. The second kappa shape index (κ2) is 34.4. The molecule has 0 spiro atoms. The lowest BCUT2D eigenvalue weighted by atomic mass is 10.0. The van der Waals surface area contributed by atoms with E-state index in [1.807, 2.05) is 0 Å². The van der Waals surface area contributed by atoms with Crippen LogP contribution in [0.25, 0.3) is 0 Å². The number of aliphatic hydroxyl groups is 1. The molecule has 0 rings (SSSR count). The highest BCUT2D eigenvalue weighted by Gasteiger charge is 2.16. The highest BCUT2D eigenvalue weighted by molar-refractivity contribution is 5.70. The molecular formula is C37H72O5. The molecule has 0 saturated carbocycles. The smallest absolute Gasteiger partial charge is 0.306 e. The fraction of sp³-hybridized carbons (Fsp3) is 0.946. The number of carbonyl (C=O) groups excluding carboxylic acids is 2. The first kappa shape index (κ1) is 40.9. The molecule has 1 atom stereocenters. The third-order valence-electron chi connectivity index (χ3n) is 8.40. The fourth-order valence-electron chi connectivity index (χ4n) is 5.55. The van der Waals surface area contributed by atoms with Gasteiger partial charge in [0, 0.05) is 12.8 Å². The zero-order valence-electron chi connectivity index (χ0n) is 28.3. The summed E-state index contributed by atoms with van der Waals surface area (Å²) in [6.45, 7) is 4.12. The number of rotatable bonds is 34. The van der Waals surface area contributed by atoms with Gasteiger partial charge in [-0.3, -0.25) is 9.59 Å². The second-order valence-corrected chi connectivity index (χ2v) is 12.7. The number of hydrogen-bond donors (Lipinski definition) is 1. The Labute approximate surface area is 261 Å². The van der Waals surface area contributed by atoms with Crippen LogP contribution in [-0.2, 0) is 19.1 Å². The maximum absolute atomic E-state index is 12.0. The summed E-state index contributed by atoms with van der Waals surface area (Å²) in [6, 6.07) is 0. The van der Waals surface area contributed by atoms with E-state index in [9.17, 15) is 14.7 Å².